The van der Waals surface area contributed by atoms with E-state index in [4.69, 9.17) is 4.74 Å². The van der Waals surface area contributed by atoms with Crippen LogP contribution >= 0.6 is 11.3 Å². The fraction of sp³-hybridized carbons (Fsp3) is 0.0833. The first-order valence-corrected chi connectivity index (χ1v) is 10.4. The van der Waals surface area contributed by atoms with Gasteiger partial charge in [0.2, 0.25) is 0 Å². The number of carbonyl (C=O) groups excluding carboxylic acids is 1. The molecule has 0 aliphatic carbocycles. The highest BCUT2D eigenvalue weighted by Gasteiger charge is 2.12. The molecule has 0 fully saturated rings. The summed E-state index contributed by atoms with van der Waals surface area (Å²) in [7, 11) is 0. The maximum atomic E-state index is 13.8. The third-order valence-electron chi connectivity index (χ3n) is 4.54. The second-order valence-corrected chi connectivity index (χ2v) is 7.61. The molecule has 1 N–H and O–H groups in total. The number of nitrogens with zero attached hydrogens (tertiary/aromatic N) is 1. The summed E-state index contributed by atoms with van der Waals surface area (Å²) in [5.41, 5.74) is 2.38. The quantitative estimate of drug-likeness (QED) is 0.410. The van der Waals surface area contributed by atoms with Crippen LogP contribution in [0.2, 0.25) is 0 Å². The number of amides is 1. The van der Waals surface area contributed by atoms with Gasteiger partial charge < -0.3 is 10.1 Å². The SMILES string of the molecule is O=C(NCc1ccc(F)cc1)c1csc(-c2cccc(OCc3ccccc3F)c2)n1. The fourth-order valence-electron chi connectivity index (χ4n) is 2.88. The maximum absolute atomic E-state index is 13.8. The number of hydrogen-bond donors (Lipinski definition) is 1. The van der Waals surface area contributed by atoms with E-state index in [0.717, 1.165) is 11.1 Å². The number of ether oxygens (including phenoxy) is 1. The Kier molecular flexibility index (Phi) is 6.33. The molecule has 0 spiro atoms. The number of carbonyl (C=O) groups is 1. The van der Waals surface area contributed by atoms with Crippen molar-refractivity contribution in [3.8, 4) is 16.3 Å². The van der Waals surface area contributed by atoms with Crippen molar-refractivity contribution >= 4 is 17.2 Å². The molecule has 1 aromatic heterocycles. The van der Waals surface area contributed by atoms with Crippen LogP contribution in [0, 0.1) is 11.6 Å². The number of aromatic nitrogens is 1. The molecule has 0 aliphatic rings. The van der Waals surface area contributed by atoms with Crippen molar-refractivity contribution in [2.24, 2.45) is 0 Å². The van der Waals surface area contributed by atoms with Crippen molar-refractivity contribution in [1.29, 1.82) is 0 Å². The van der Waals surface area contributed by atoms with Crippen LogP contribution in [-0.4, -0.2) is 10.9 Å². The van der Waals surface area contributed by atoms with Gasteiger partial charge in [-0.3, -0.25) is 4.79 Å². The minimum absolute atomic E-state index is 0.116. The Hall–Kier alpha value is -3.58. The monoisotopic (exact) mass is 436 g/mol. The van der Waals surface area contributed by atoms with Crippen LogP contribution in [0.25, 0.3) is 10.6 Å². The zero-order chi connectivity index (χ0) is 21.6. The first kappa shape index (κ1) is 20.7. The lowest BCUT2D eigenvalue weighted by molar-refractivity contribution is 0.0946. The molecule has 4 nitrogen and oxygen atoms in total. The van der Waals surface area contributed by atoms with Crippen LogP contribution in [-0.2, 0) is 13.2 Å². The molecular weight excluding hydrogens is 418 g/mol. The standard InChI is InChI=1S/C24H18F2N2O2S/c25-19-10-8-16(9-11-19)13-27-23(29)22-15-31-24(28-22)17-5-3-6-20(12-17)30-14-18-4-1-2-7-21(18)26/h1-12,15H,13-14H2,(H,27,29). The van der Waals surface area contributed by atoms with E-state index < -0.39 is 0 Å². The Balaban J connectivity index is 1.40. The Labute approximate surface area is 182 Å². The van der Waals surface area contributed by atoms with Crippen LogP contribution < -0.4 is 10.1 Å². The van der Waals surface area contributed by atoms with Crippen molar-refractivity contribution in [1.82, 2.24) is 10.3 Å². The molecule has 3 aromatic carbocycles. The second kappa shape index (κ2) is 9.49. The zero-order valence-electron chi connectivity index (χ0n) is 16.3. The van der Waals surface area contributed by atoms with Crippen LogP contribution in [0.5, 0.6) is 5.75 Å². The molecule has 0 saturated carbocycles. The zero-order valence-corrected chi connectivity index (χ0v) is 17.2. The molecule has 31 heavy (non-hydrogen) atoms. The summed E-state index contributed by atoms with van der Waals surface area (Å²) in [6.45, 7) is 0.399. The van der Waals surface area contributed by atoms with Gasteiger partial charge in [-0.25, -0.2) is 13.8 Å². The predicted octanol–water partition coefficient (Wildman–Crippen LogP) is 5.60. The van der Waals surface area contributed by atoms with E-state index in [1.165, 1.54) is 29.5 Å². The largest absolute Gasteiger partial charge is 0.489 e. The van der Waals surface area contributed by atoms with Gasteiger partial charge in [-0.15, -0.1) is 11.3 Å². The van der Waals surface area contributed by atoms with Gasteiger partial charge in [0.15, 0.2) is 0 Å². The minimum atomic E-state index is -0.320. The highest BCUT2D eigenvalue weighted by atomic mass is 32.1. The van der Waals surface area contributed by atoms with E-state index in [1.807, 2.05) is 12.1 Å². The lowest BCUT2D eigenvalue weighted by Crippen LogP contribution is -2.23. The summed E-state index contributed by atoms with van der Waals surface area (Å²) in [5, 5.41) is 5.13. The van der Waals surface area contributed by atoms with Crippen LogP contribution in [0.15, 0.2) is 78.2 Å². The van der Waals surface area contributed by atoms with E-state index in [-0.39, 0.29) is 30.7 Å². The lowest BCUT2D eigenvalue weighted by atomic mass is 10.2. The third kappa shape index (κ3) is 5.32. The van der Waals surface area contributed by atoms with Gasteiger partial charge in [0.05, 0.1) is 0 Å². The van der Waals surface area contributed by atoms with Gasteiger partial charge >= 0.3 is 0 Å². The van der Waals surface area contributed by atoms with Gasteiger partial charge in [0.1, 0.15) is 34.7 Å². The predicted molar refractivity (Wildman–Crippen MR) is 116 cm³/mol. The van der Waals surface area contributed by atoms with Crippen LogP contribution in [0.4, 0.5) is 8.78 Å². The Morgan fingerprint density at radius 3 is 2.61 bits per heavy atom. The number of thiazole rings is 1. The van der Waals surface area contributed by atoms with Crippen molar-refractivity contribution in [3.63, 3.8) is 0 Å². The Bertz CT molecular complexity index is 1190. The third-order valence-corrected chi connectivity index (χ3v) is 5.43. The molecule has 0 radical (unpaired) electrons. The molecule has 4 aromatic rings. The fourth-order valence-corrected chi connectivity index (χ4v) is 3.68. The van der Waals surface area contributed by atoms with Crippen LogP contribution in [0.1, 0.15) is 21.6 Å². The van der Waals surface area contributed by atoms with Gasteiger partial charge in [-0.1, -0.05) is 42.5 Å². The summed E-state index contributed by atoms with van der Waals surface area (Å²) in [4.78, 5) is 16.8. The van der Waals surface area contributed by atoms with Crippen molar-refractivity contribution < 1.29 is 18.3 Å². The van der Waals surface area contributed by atoms with E-state index in [2.05, 4.69) is 10.3 Å². The van der Waals surface area contributed by atoms with Crippen LogP contribution in [0.3, 0.4) is 0 Å². The summed E-state index contributed by atoms with van der Waals surface area (Å²) >= 11 is 1.34. The molecule has 0 saturated heterocycles. The van der Waals surface area contributed by atoms with Crippen molar-refractivity contribution in [3.05, 3.63) is 107 Å². The first-order valence-electron chi connectivity index (χ1n) is 9.53. The first-order chi connectivity index (χ1) is 15.1. The number of hydrogen-bond acceptors (Lipinski definition) is 4. The topological polar surface area (TPSA) is 51.2 Å². The number of rotatable bonds is 7. The molecule has 1 heterocycles. The van der Waals surface area contributed by atoms with E-state index >= 15 is 0 Å². The Morgan fingerprint density at radius 2 is 1.81 bits per heavy atom. The van der Waals surface area contributed by atoms with E-state index in [9.17, 15) is 13.6 Å². The highest BCUT2D eigenvalue weighted by molar-refractivity contribution is 7.13. The van der Waals surface area contributed by atoms with Gasteiger partial charge in [-0.05, 0) is 35.9 Å². The summed E-state index contributed by atoms with van der Waals surface area (Å²) in [6, 6.07) is 19.7. The Morgan fingerprint density at radius 1 is 1.00 bits per heavy atom. The van der Waals surface area contributed by atoms with Gasteiger partial charge in [-0.2, -0.15) is 0 Å². The number of halogens is 2. The summed E-state index contributed by atoms with van der Waals surface area (Å²) < 4.78 is 32.5. The summed E-state index contributed by atoms with van der Waals surface area (Å²) in [6.07, 6.45) is 0. The van der Waals surface area contributed by atoms with E-state index in [1.54, 1.807) is 47.8 Å². The lowest BCUT2D eigenvalue weighted by Gasteiger charge is -2.08. The molecule has 1 amide bonds. The van der Waals surface area contributed by atoms with Gasteiger partial charge in [0.25, 0.3) is 5.91 Å². The molecule has 7 heteroatoms. The average molecular weight is 436 g/mol. The molecular formula is C24H18F2N2O2S. The van der Waals surface area contributed by atoms with Gasteiger partial charge in [0, 0.05) is 23.1 Å². The normalized spacial score (nSPS) is 10.6. The molecule has 0 aliphatic heterocycles. The number of benzene rings is 3. The smallest absolute Gasteiger partial charge is 0.271 e. The average Bonchev–Trinajstić information content (AvgIpc) is 3.29. The van der Waals surface area contributed by atoms with E-state index in [0.29, 0.717) is 22.0 Å². The molecule has 156 valence electrons. The molecule has 0 unspecified atom stereocenters. The number of nitrogens with one attached hydrogen (secondary N) is 1. The molecule has 0 atom stereocenters. The highest BCUT2D eigenvalue weighted by Crippen LogP contribution is 2.27. The second-order valence-electron chi connectivity index (χ2n) is 6.75. The minimum Gasteiger partial charge on any atom is -0.489 e. The maximum Gasteiger partial charge on any atom is 0.271 e. The molecule has 4 rings (SSSR count). The van der Waals surface area contributed by atoms with Crippen molar-refractivity contribution in [2.75, 3.05) is 0 Å². The summed E-state index contributed by atoms with van der Waals surface area (Å²) in [5.74, 6) is -0.355. The molecule has 0 bridgehead atoms. The van der Waals surface area contributed by atoms with Crippen molar-refractivity contribution in [2.45, 2.75) is 13.2 Å².